The van der Waals surface area contributed by atoms with Gasteiger partial charge in [0.25, 0.3) is 0 Å². The van der Waals surface area contributed by atoms with Gasteiger partial charge in [-0.05, 0) is 30.7 Å². The van der Waals surface area contributed by atoms with Gasteiger partial charge in [-0.3, -0.25) is 4.79 Å². The third-order valence-corrected chi connectivity index (χ3v) is 3.71. The molecule has 1 aromatic rings. The third kappa shape index (κ3) is 3.10. The molecule has 0 aromatic heterocycles. The van der Waals surface area contributed by atoms with Crippen LogP contribution in [0.25, 0.3) is 0 Å². The zero-order valence-corrected chi connectivity index (χ0v) is 11.6. The molecule has 5 heteroatoms. The molecule has 0 atom stereocenters. The van der Waals surface area contributed by atoms with E-state index in [0.717, 1.165) is 17.4 Å². The van der Waals surface area contributed by atoms with E-state index in [4.69, 9.17) is 9.84 Å². The standard InChI is InChI=1S/C13H16BrNO3/c14-11-3-1-10(2-4-11)5-6-15-7-13(12(16)17)8-18-9-13/h1-4,15H,5-9H2,(H,16,17). The minimum atomic E-state index is -0.773. The van der Waals surface area contributed by atoms with Gasteiger partial charge in [-0.2, -0.15) is 0 Å². The van der Waals surface area contributed by atoms with Gasteiger partial charge in [0.1, 0.15) is 5.41 Å². The van der Waals surface area contributed by atoms with E-state index in [1.165, 1.54) is 5.56 Å². The molecule has 4 nitrogen and oxygen atoms in total. The lowest BCUT2D eigenvalue weighted by Gasteiger charge is -2.37. The quantitative estimate of drug-likeness (QED) is 0.785. The van der Waals surface area contributed by atoms with Crippen LogP contribution in [0.5, 0.6) is 0 Å². The van der Waals surface area contributed by atoms with Crippen molar-refractivity contribution in [3.8, 4) is 0 Å². The fourth-order valence-electron chi connectivity index (χ4n) is 1.86. The van der Waals surface area contributed by atoms with E-state index in [2.05, 4.69) is 33.4 Å². The largest absolute Gasteiger partial charge is 0.481 e. The van der Waals surface area contributed by atoms with Crippen LogP contribution >= 0.6 is 15.9 Å². The van der Waals surface area contributed by atoms with Crippen molar-refractivity contribution in [2.75, 3.05) is 26.3 Å². The Morgan fingerprint density at radius 3 is 2.56 bits per heavy atom. The maximum Gasteiger partial charge on any atom is 0.315 e. The molecular weight excluding hydrogens is 298 g/mol. The lowest BCUT2D eigenvalue weighted by Crippen LogP contribution is -2.55. The molecule has 1 aliphatic heterocycles. The molecular formula is C13H16BrNO3. The van der Waals surface area contributed by atoms with Gasteiger partial charge in [0.2, 0.25) is 0 Å². The fourth-order valence-corrected chi connectivity index (χ4v) is 2.13. The summed E-state index contributed by atoms with van der Waals surface area (Å²) in [6, 6.07) is 8.14. The Morgan fingerprint density at radius 1 is 1.39 bits per heavy atom. The average molecular weight is 314 g/mol. The summed E-state index contributed by atoms with van der Waals surface area (Å²) in [6.45, 7) is 1.87. The zero-order chi connectivity index (χ0) is 13.0. The van der Waals surface area contributed by atoms with Crippen molar-refractivity contribution in [3.63, 3.8) is 0 Å². The van der Waals surface area contributed by atoms with Crippen molar-refractivity contribution in [1.82, 2.24) is 5.32 Å². The summed E-state index contributed by atoms with van der Waals surface area (Å²) in [4.78, 5) is 11.1. The SMILES string of the molecule is O=C(O)C1(CNCCc2ccc(Br)cc2)COC1. The summed E-state index contributed by atoms with van der Waals surface area (Å²) in [5.41, 5.74) is 0.527. The number of rotatable bonds is 6. The van der Waals surface area contributed by atoms with Gasteiger partial charge in [-0.25, -0.2) is 0 Å². The van der Waals surface area contributed by atoms with Crippen LogP contribution in [0.4, 0.5) is 0 Å². The van der Waals surface area contributed by atoms with Gasteiger partial charge >= 0.3 is 5.97 Å². The van der Waals surface area contributed by atoms with Crippen molar-refractivity contribution >= 4 is 21.9 Å². The van der Waals surface area contributed by atoms with Crippen LogP contribution < -0.4 is 5.32 Å². The number of carboxylic acids is 1. The predicted molar refractivity (Wildman–Crippen MR) is 71.6 cm³/mol. The number of halogens is 1. The van der Waals surface area contributed by atoms with Crippen molar-refractivity contribution < 1.29 is 14.6 Å². The van der Waals surface area contributed by atoms with Crippen molar-refractivity contribution in [1.29, 1.82) is 0 Å². The number of carboxylic acid groups (broad SMARTS) is 1. The number of ether oxygens (including phenoxy) is 1. The van der Waals surface area contributed by atoms with Crippen LogP contribution in [-0.2, 0) is 16.0 Å². The van der Waals surface area contributed by atoms with Gasteiger partial charge in [-0.1, -0.05) is 28.1 Å². The van der Waals surface area contributed by atoms with Crippen molar-refractivity contribution in [2.24, 2.45) is 5.41 Å². The Morgan fingerprint density at radius 2 is 2.06 bits per heavy atom. The highest BCUT2D eigenvalue weighted by Crippen LogP contribution is 2.26. The summed E-state index contributed by atoms with van der Waals surface area (Å²) in [7, 11) is 0. The highest BCUT2D eigenvalue weighted by molar-refractivity contribution is 9.10. The summed E-state index contributed by atoms with van der Waals surface area (Å²) in [5, 5.41) is 12.3. The summed E-state index contributed by atoms with van der Waals surface area (Å²) >= 11 is 3.39. The first-order valence-electron chi connectivity index (χ1n) is 5.89. The Bertz CT molecular complexity index is 415. The van der Waals surface area contributed by atoms with Gasteiger partial charge in [0, 0.05) is 11.0 Å². The molecule has 0 spiro atoms. The highest BCUT2D eigenvalue weighted by Gasteiger charge is 2.45. The third-order valence-electron chi connectivity index (χ3n) is 3.18. The number of carbonyl (C=O) groups is 1. The van der Waals surface area contributed by atoms with Gasteiger partial charge in [-0.15, -0.1) is 0 Å². The Hall–Kier alpha value is -0.910. The summed E-state index contributed by atoms with van der Waals surface area (Å²) in [5.74, 6) is -0.773. The van der Waals surface area contributed by atoms with E-state index >= 15 is 0 Å². The van der Waals surface area contributed by atoms with E-state index in [9.17, 15) is 4.79 Å². The summed E-state index contributed by atoms with van der Waals surface area (Å²) < 4.78 is 6.07. The molecule has 1 aromatic carbocycles. The smallest absolute Gasteiger partial charge is 0.315 e. The first-order valence-corrected chi connectivity index (χ1v) is 6.68. The number of benzene rings is 1. The minimum Gasteiger partial charge on any atom is -0.481 e. The van der Waals surface area contributed by atoms with E-state index in [0.29, 0.717) is 19.8 Å². The molecule has 2 rings (SSSR count). The van der Waals surface area contributed by atoms with Crippen LogP contribution in [0.15, 0.2) is 28.7 Å². The molecule has 2 N–H and O–H groups in total. The number of nitrogens with one attached hydrogen (secondary N) is 1. The minimum absolute atomic E-state index is 0.313. The molecule has 0 bridgehead atoms. The molecule has 0 saturated carbocycles. The number of hydrogen-bond acceptors (Lipinski definition) is 3. The van der Waals surface area contributed by atoms with Crippen molar-refractivity contribution in [3.05, 3.63) is 34.3 Å². The fraction of sp³-hybridized carbons (Fsp3) is 0.462. The molecule has 1 heterocycles. The van der Waals surface area contributed by atoms with Gasteiger partial charge in [0.15, 0.2) is 0 Å². The van der Waals surface area contributed by atoms with E-state index in [1.54, 1.807) is 0 Å². The Kier molecular flexibility index (Phi) is 4.37. The molecule has 1 fully saturated rings. The second kappa shape index (κ2) is 5.82. The van der Waals surface area contributed by atoms with E-state index in [1.807, 2.05) is 12.1 Å². The second-order valence-corrected chi connectivity index (χ2v) is 5.55. The first kappa shape index (κ1) is 13.5. The number of aliphatic carboxylic acids is 1. The van der Waals surface area contributed by atoms with Crippen LogP contribution in [0.3, 0.4) is 0 Å². The lowest BCUT2D eigenvalue weighted by atomic mass is 9.86. The molecule has 1 saturated heterocycles. The lowest BCUT2D eigenvalue weighted by molar-refractivity contribution is -0.178. The van der Waals surface area contributed by atoms with Gasteiger partial charge < -0.3 is 15.2 Å². The molecule has 0 unspecified atom stereocenters. The Labute approximate surface area is 114 Å². The first-order chi connectivity index (χ1) is 8.62. The van der Waals surface area contributed by atoms with Crippen molar-refractivity contribution in [2.45, 2.75) is 6.42 Å². The normalized spacial score (nSPS) is 17.2. The second-order valence-electron chi connectivity index (χ2n) is 4.63. The monoisotopic (exact) mass is 313 g/mol. The van der Waals surface area contributed by atoms with E-state index < -0.39 is 11.4 Å². The average Bonchev–Trinajstić information content (AvgIpc) is 2.29. The molecule has 18 heavy (non-hydrogen) atoms. The van der Waals surface area contributed by atoms with Gasteiger partial charge in [0.05, 0.1) is 13.2 Å². The Balaban J connectivity index is 1.73. The van der Waals surface area contributed by atoms with Crippen LogP contribution in [0, 0.1) is 5.41 Å². The predicted octanol–water partition coefficient (Wildman–Crippen LogP) is 1.68. The topological polar surface area (TPSA) is 58.6 Å². The summed E-state index contributed by atoms with van der Waals surface area (Å²) in [6.07, 6.45) is 0.893. The molecule has 0 radical (unpaired) electrons. The van der Waals surface area contributed by atoms with Crippen LogP contribution in [0.2, 0.25) is 0 Å². The maximum absolute atomic E-state index is 11.1. The maximum atomic E-state index is 11.1. The van der Waals surface area contributed by atoms with Crippen LogP contribution in [0.1, 0.15) is 5.56 Å². The van der Waals surface area contributed by atoms with E-state index in [-0.39, 0.29) is 0 Å². The highest BCUT2D eigenvalue weighted by atomic mass is 79.9. The molecule has 98 valence electrons. The zero-order valence-electron chi connectivity index (χ0n) is 9.99. The number of hydrogen-bond donors (Lipinski definition) is 2. The molecule has 0 amide bonds. The molecule has 1 aliphatic rings. The van der Waals surface area contributed by atoms with Crippen LogP contribution in [-0.4, -0.2) is 37.4 Å². The molecule has 0 aliphatic carbocycles.